The van der Waals surface area contributed by atoms with Gasteiger partial charge in [-0.05, 0) is 106 Å². The average Bonchev–Trinajstić information content (AvgIpc) is 3.10. The van der Waals surface area contributed by atoms with Gasteiger partial charge in [0.05, 0.1) is 57.1 Å². The van der Waals surface area contributed by atoms with Crippen molar-refractivity contribution >= 4 is 103 Å². The standard InChI is InChI=1S/2C16H14ClF2IN2O4/c2*17-11-5-8(20)1-4-13(11)21-15-10(2-3-12(18)14(15)19)16(25)22-26-7-9(24)6-23/h2*1-5,9,21,23-24H,6-7H2,(H,22,25)/t2*9-/m10/s1. The largest absolute Gasteiger partial charge is 0.394 e. The molecule has 4 aromatic rings. The summed E-state index contributed by atoms with van der Waals surface area (Å²) >= 11 is 16.2. The van der Waals surface area contributed by atoms with Crippen molar-refractivity contribution in [1.82, 2.24) is 11.0 Å². The van der Waals surface area contributed by atoms with Gasteiger partial charge >= 0.3 is 0 Å². The van der Waals surface area contributed by atoms with E-state index in [4.69, 9.17) is 53.3 Å². The molecule has 0 spiro atoms. The number of hydroxylamine groups is 2. The molecule has 0 saturated carbocycles. The van der Waals surface area contributed by atoms with Gasteiger partial charge in [0.1, 0.15) is 25.4 Å². The van der Waals surface area contributed by atoms with Crippen LogP contribution < -0.4 is 21.6 Å². The van der Waals surface area contributed by atoms with E-state index in [9.17, 15) is 27.2 Å². The normalized spacial score (nSPS) is 11.9. The molecular formula is C32H28Cl2F4I2N4O8. The molecule has 12 nitrogen and oxygen atoms in total. The van der Waals surface area contributed by atoms with Crippen LogP contribution in [0.2, 0.25) is 10.0 Å². The highest BCUT2D eigenvalue weighted by molar-refractivity contribution is 14.1. The number of carbonyl (C=O) groups excluding carboxylic acids is 2. The van der Waals surface area contributed by atoms with Gasteiger partial charge in [0.15, 0.2) is 23.3 Å². The van der Waals surface area contributed by atoms with Crippen molar-refractivity contribution in [2.75, 3.05) is 37.1 Å². The Balaban J connectivity index is 0.000000280. The van der Waals surface area contributed by atoms with E-state index in [1.165, 1.54) is 0 Å². The molecular weight excluding hydrogens is 969 g/mol. The van der Waals surface area contributed by atoms with Gasteiger partial charge in [-0.2, -0.15) is 0 Å². The van der Waals surface area contributed by atoms with Crippen LogP contribution in [0.15, 0.2) is 60.7 Å². The topological polar surface area (TPSA) is 182 Å². The third kappa shape index (κ3) is 12.5. The summed E-state index contributed by atoms with van der Waals surface area (Å²) in [6, 6.07) is 13.5. The molecule has 0 fully saturated rings. The summed E-state index contributed by atoms with van der Waals surface area (Å²) in [5, 5.41) is 41.4. The zero-order valence-electron chi connectivity index (χ0n) is 26.2. The molecule has 0 heterocycles. The fourth-order valence-corrected chi connectivity index (χ4v) is 5.60. The smallest absolute Gasteiger partial charge is 0.277 e. The second kappa shape index (κ2) is 21.0. The lowest BCUT2D eigenvalue weighted by atomic mass is 10.1. The summed E-state index contributed by atoms with van der Waals surface area (Å²) in [5.41, 5.74) is 3.22. The minimum atomic E-state index is -1.26. The number of aliphatic hydroxyl groups is 4. The number of aliphatic hydroxyl groups excluding tert-OH is 4. The third-order valence-corrected chi connectivity index (χ3v) is 8.33. The maximum absolute atomic E-state index is 14.2. The molecule has 4 aromatic carbocycles. The predicted octanol–water partition coefficient (Wildman–Crippen LogP) is 5.96. The molecule has 20 heteroatoms. The highest BCUT2D eigenvalue weighted by atomic mass is 127. The summed E-state index contributed by atoms with van der Waals surface area (Å²) in [5.74, 6) is -6.58. The van der Waals surface area contributed by atoms with Crippen LogP contribution in [-0.2, 0) is 9.68 Å². The van der Waals surface area contributed by atoms with Crippen molar-refractivity contribution < 1.29 is 57.3 Å². The maximum atomic E-state index is 14.2. The van der Waals surface area contributed by atoms with Gasteiger partial charge in [0, 0.05) is 7.14 Å². The number of anilines is 4. The summed E-state index contributed by atoms with van der Waals surface area (Å²) in [7, 11) is 0. The fraction of sp³-hybridized carbons (Fsp3) is 0.188. The Morgan fingerprint density at radius 3 is 1.35 bits per heavy atom. The Morgan fingerprint density at radius 1 is 0.654 bits per heavy atom. The molecule has 0 aliphatic rings. The molecule has 0 bridgehead atoms. The number of benzene rings is 4. The Labute approximate surface area is 330 Å². The van der Waals surface area contributed by atoms with E-state index >= 15 is 0 Å². The maximum Gasteiger partial charge on any atom is 0.277 e. The van der Waals surface area contributed by atoms with E-state index in [1.807, 2.05) is 56.1 Å². The summed E-state index contributed by atoms with van der Waals surface area (Å²) < 4.78 is 57.4. The summed E-state index contributed by atoms with van der Waals surface area (Å²) in [6.07, 6.45) is -2.38. The summed E-state index contributed by atoms with van der Waals surface area (Å²) in [6.45, 7) is -1.87. The Morgan fingerprint density at radius 2 is 1.02 bits per heavy atom. The van der Waals surface area contributed by atoms with Crippen molar-refractivity contribution in [3.63, 3.8) is 0 Å². The van der Waals surface area contributed by atoms with Gasteiger partial charge in [0.25, 0.3) is 11.8 Å². The van der Waals surface area contributed by atoms with Crippen LogP contribution in [0, 0.1) is 30.4 Å². The Kier molecular flexibility index (Phi) is 17.5. The molecule has 0 unspecified atom stereocenters. The predicted molar refractivity (Wildman–Crippen MR) is 201 cm³/mol. The highest BCUT2D eigenvalue weighted by Crippen LogP contribution is 2.33. The van der Waals surface area contributed by atoms with Gasteiger partial charge < -0.3 is 31.1 Å². The first-order valence-corrected chi connectivity index (χ1v) is 17.4. The third-order valence-electron chi connectivity index (χ3n) is 6.36. The van der Waals surface area contributed by atoms with Crippen LogP contribution in [0.25, 0.3) is 0 Å². The monoisotopic (exact) mass is 996 g/mol. The number of amides is 2. The molecule has 8 N–H and O–H groups in total. The second-order valence-electron chi connectivity index (χ2n) is 10.2. The second-order valence-corrected chi connectivity index (χ2v) is 13.5. The van der Waals surface area contributed by atoms with Crippen LogP contribution in [0.4, 0.5) is 40.3 Å². The Bertz CT molecular complexity index is 1750. The van der Waals surface area contributed by atoms with E-state index in [-0.39, 0.29) is 45.8 Å². The molecule has 2 amide bonds. The number of hydrogen-bond acceptors (Lipinski definition) is 10. The van der Waals surface area contributed by atoms with Gasteiger partial charge in [-0.1, -0.05) is 23.2 Å². The van der Waals surface area contributed by atoms with Gasteiger partial charge in [-0.3, -0.25) is 19.3 Å². The van der Waals surface area contributed by atoms with Crippen molar-refractivity contribution in [3.05, 3.63) is 112 Å². The average molecular weight is 997 g/mol. The lowest BCUT2D eigenvalue weighted by Gasteiger charge is -2.15. The molecule has 0 aromatic heterocycles. The molecule has 0 saturated heterocycles. The lowest BCUT2D eigenvalue weighted by Crippen LogP contribution is -2.30. The summed E-state index contributed by atoms with van der Waals surface area (Å²) in [4.78, 5) is 33.8. The van der Waals surface area contributed by atoms with Crippen molar-refractivity contribution in [2.24, 2.45) is 0 Å². The van der Waals surface area contributed by atoms with Crippen LogP contribution >= 0.6 is 68.4 Å². The first-order chi connectivity index (χ1) is 24.7. The number of nitrogens with one attached hydrogen (secondary N) is 4. The van der Waals surface area contributed by atoms with Crippen LogP contribution in [0.1, 0.15) is 20.7 Å². The zero-order chi connectivity index (χ0) is 38.5. The quantitative estimate of drug-likeness (QED) is 0.0427. The fourth-order valence-electron chi connectivity index (χ4n) is 3.80. The van der Waals surface area contributed by atoms with E-state index in [0.29, 0.717) is 0 Å². The number of halogens is 8. The number of hydrogen-bond donors (Lipinski definition) is 8. The first-order valence-electron chi connectivity index (χ1n) is 14.5. The zero-order valence-corrected chi connectivity index (χ0v) is 32.0. The molecule has 2 atom stereocenters. The van der Waals surface area contributed by atoms with Crippen molar-refractivity contribution in [2.45, 2.75) is 12.2 Å². The van der Waals surface area contributed by atoms with E-state index in [2.05, 4.69) is 10.6 Å². The minimum Gasteiger partial charge on any atom is -0.394 e. The molecule has 0 aliphatic heterocycles. The molecule has 0 radical (unpaired) electrons. The molecule has 52 heavy (non-hydrogen) atoms. The molecule has 280 valence electrons. The van der Waals surface area contributed by atoms with E-state index in [1.54, 1.807) is 36.4 Å². The lowest BCUT2D eigenvalue weighted by molar-refractivity contribution is -0.0296. The highest BCUT2D eigenvalue weighted by Gasteiger charge is 2.22. The van der Waals surface area contributed by atoms with E-state index in [0.717, 1.165) is 31.4 Å². The first kappa shape index (κ1) is 43.3. The SMILES string of the molecule is O=C(NOC[C@@H](O)CO)c1ccc(F)c(F)c1Nc1ccc(I)cc1Cl.O=C(NOC[C@H](O)CO)c1ccc(F)c(F)c1Nc1ccc(I)cc1Cl. The Hall–Kier alpha value is -3.06. The van der Waals surface area contributed by atoms with Crippen LogP contribution in [-0.4, -0.2) is 70.9 Å². The molecule has 0 aliphatic carbocycles. The molecule has 4 rings (SSSR count). The van der Waals surface area contributed by atoms with Crippen LogP contribution in [0.3, 0.4) is 0 Å². The van der Waals surface area contributed by atoms with Gasteiger partial charge in [-0.25, -0.2) is 28.5 Å². The number of rotatable bonds is 14. The van der Waals surface area contributed by atoms with Crippen molar-refractivity contribution in [1.29, 1.82) is 0 Å². The number of carbonyl (C=O) groups is 2. The van der Waals surface area contributed by atoms with Gasteiger partial charge in [0.2, 0.25) is 0 Å². The van der Waals surface area contributed by atoms with Crippen molar-refractivity contribution in [3.8, 4) is 0 Å². The van der Waals surface area contributed by atoms with Gasteiger partial charge in [-0.15, -0.1) is 0 Å². The minimum absolute atomic E-state index is 0.239. The van der Waals surface area contributed by atoms with Crippen LogP contribution in [0.5, 0.6) is 0 Å². The van der Waals surface area contributed by atoms with E-state index < -0.39 is 71.9 Å².